The molecular formula is C15H12Cl2N2O2. The zero-order valence-electron chi connectivity index (χ0n) is 11.1. The van der Waals surface area contributed by atoms with Crippen LogP contribution in [0.5, 0.6) is 0 Å². The van der Waals surface area contributed by atoms with E-state index in [4.69, 9.17) is 28.3 Å². The van der Waals surface area contributed by atoms with Gasteiger partial charge in [-0.2, -0.15) is 5.10 Å². The number of anilines is 1. The average Bonchev–Trinajstić information content (AvgIpc) is 2.47. The summed E-state index contributed by atoms with van der Waals surface area (Å²) in [5, 5.41) is 14.3. The van der Waals surface area contributed by atoms with Gasteiger partial charge in [0.1, 0.15) is 0 Å². The number of benzene rings is 2. The molecule has 21 heavy (non-hydrogen) atoms. The van der Waals surface area contributed by atoms with Gasteiger partial charge in [-0.1, -0.05) is 35.3 Å². The monoisotopic (exact) mass is 322 g/mol. The van der Waals surface area contributed by atoms with Gasteiger partial charge in [0.05, 0.1) is 17.0 Å². The van der Waals surface area contributed by atoms with E-state index in [0.29, 0.717) is 27.0 Å². The van der Waals surface area contributed by atoms with Crippen LogP contribution in [0.1, 0.15) is 22.8 Å². The van der Waals surface area contributed by atoms with E-state index in [1.807, 2.05) is 0 Å². The Balaban J connectivity index is 2.29. The van der Waals surface area contributed by atoms with Crippen LogP contribution in [-0.2, 0) is 0 Å². The molecule has 0 fully saturated rings. The molecule has 0 aliphatic heterocycles. The van der Waals surface area contributed by atoms with E-state index in [0.717, 1.165) is 0 Å². The third-order valence-corrected chi connectivity index (χ3v) is 3.38. The predicted octanol–water partition coefficient (Wildman–Crippen LogP) is 4.53. The van der Waals surface area contributed by atoms with Crippen LogP contribution in [0.3, 0.4) is 0 Å². The maximum atomic E-state index is 11.1. The molecule has 6 heteroatoms. The second kappa shape index (κ2) is 6.61. The highest BCUT2D eigenvalue weighted by molar-refractivity contribution is 6.36. The van der Waals surface area contributed by atoms with Gasteiger partial charge in [0.25, 0.3) is 0 Å². The minimum absolute atomic E-state index is 0.145. The zero-order chi connectivity index (χ0) is 15.4. The highest BCUT2D eigenvalue weighted by Gasteiger charge is 2.09. The highest BCUT2D eigenvalue weighted by Crippen LogP contribution is 2.22. The van der Waals surface area contributed by atoms with Crippen LogP contribution >= 0.6 is 23.2 Å². The number of hydrogen-bond donors (Lipinski definition) is 2. The summed E-state index contributed by atoms with van der Waals surface area (Å²) in [6.45, 7) is 1.76. The van der Waals surface area contributed by atoms with E-state index in [1.54, 1.807) is 43.3 Å². The van der Waals surface area contributed by atoms with Gasteiger partial charge in [0.2, 0.25) is 0 Å². The van der Waals surface area contributed by atoms with Crippen molar-refractivity contribution in [3.63, 3.8) is 0 Å². The average molecular weight is 323 g/mol. The molecule has 0 radical (unpaired) electrons. The maximum absolute atomic E-state index is 11.1. The summed E-state index contributed by atoms with van der Waals surface area (Å²) in [6, 6.07) is 11.6. The van der Waals surface area contributed by atoms with Gasteiger partial charge in [-0.15, -0.1) is 0 Å². The molecule has 0 saturated carbocycles. The van der Waals surface area contributed by atoms with Crippen LogP contribution in [0.15, 0.2) is 47.6 Å². The summed E-state index contributed by atoms with van der Waals surface area (Å²) in [5.74, 6) is -1.02. The smallest absolute Gasteiger partial charge is 0.337 e. The fraction of sp³-hybridized carbons (Fsp3) is 0.0667. The minimum atomic E-state index is -1.02. The van der Waals surface area contributed by atoms with E-state index < -0.39 is 5.97 Å². The molecule has 0 atom stereocenters. The number of rotatable bonds is 4. The lowest BCUT2D eigenvalue weighted by Crippen LogP contribution is -2.05. The van der Waals surface area contributed by atoms with Crippen molar-refractivity contribution in [3.8, 4) is 0 Å². The van der Waals surface area contributed by atoms with Crippen molar-refractivity contribution in [2.45, 2.75) is 6.92 Å². The molecule has 0 heterocycles. The number of nitrogens with zero attached hydrogens (tertiary/aromatic N) is 1. The van der Waals surface area contributed by atoms with Crippen LogP contribution < -0.4 is 5.43 Å². The Morgan fingerprint density at radius 1 is 1.14 bits per heavy atom. The van der Waals surface area contributed by atoms with Crippen molar-refractivity contribution in [1.82, 2.24) is 0 Å². The van der Waals surface area contributed by atoms with Crippen molar-refractivity contribution >= 4 is 40.6 Å². The third kappa shape index (κ3) is 3.74. The second-order valence-electron chi connectivity index (χ2n) is 4.28. The third-order valence-electron chi connectivity index (χ3n) is 2.82. The quantitative estimate of drug-likeness (QED) is 0.642. The summed E-state index contributed by atoms with van der Waals surface area (Å²) < 4.78 is 0. The molecule has 0 unspecified atom stereocenters. The van der Waals surface area contributed by atoms with Crippen molar-refractivity contribution in [1.29, 1.82) is 0 Å². The van der Waals surface area contributed by atoms with Crippen LogP contribution in [-0.4, -0.2) is 16.8 Å². The molecule has 0 amide bonds. The summed E-state index contributed by atoms with van der Waals surface area (Å²) in [6.07, 6.45) is 0. The van der Waals surface area contributed by atoms with Gasteiger partial charge in [-0.3, -0.25) is 5.43 Å². The van der Waals surface area contributed by atoms with E-state index in [9.17, 15) is 4.79 Å². The van der Waals surface area contributed by atoms with E-state index in [1.165, 1.54) is 6.07 Å². The Bertz CT molecular complexity index is 715. The number of para-hydroxylation sites is 1. The molecule has 2 aromatic carbocycles. The number of carboxylic acid groups (broad SMARTS) is 1. The van der Waals surface area contributed by atoms with Gasteiger partial charge < -0.3 is 5.11 Å². The highest BCUT2D eigenvalue weighted by atomic mass is 35.5. The number of aromatic carboxylic acids is 1. The van der Waals surface area contributed by atoms with Crippen molar-refractivity contribution in [3.05, 3.63) is 63.6 Å². The fourth-order valence-corrected chi connectivity index (χ4v) is 2.17. The lowest BCUT2D eigenvalue weighted by Gasteiger charge is -2.08. The van der Waals surface area contributed by atoms with Gasteiger partial charge in [-0.05, 0) is 37.3 Å². The summed E-state index contributed by atoms with van der Waals surface area (Å²) in [4.78, 5) is 11.1. The van der Waals surface area contributed by atoms with Gasteiger partial charge in [0, 0.05) is 15.6 Å². The Hall–Kier alpha value is -2.04. The molecule has 2 rings (SSSR count). The maximum Gasteiger partial charge on any atom is 0.337 e. The topological polar surface area (TPSA) is 61.7 Å². The van der Waals surface area contributed by atoms with Crippen molar-refractivity contribution in [2.75, 3.05) is 5.43 Å². The Labute approximate surface area is 132 Å². The number of nitrogens with one attached hydrogen (secondary N) is 1. The lowest BCUT2D eigenvalue weighted by atomic mass is 10.1. The van der Waals surface area contributed by atoms with E-state index in [2.05, 4.69) is 10.5 Å². The summed E-state index contributed by atoms with van der Waals surface area (Å²) >= 11 is 12.0. The number of halogens is 2. The Kier molecular flexibility index (Phi) is 4.83. The van der Waals surface area contributed by atoms with Crippen LogP contribution in [0, 0.1) is 0 Å². The molecular weight excluding hydrogens is 311 g/mol. The molecule has 0 aromatic heterocycles. The minimum Gasteiger partial charge on any atom is -0.478 e. The summed E-state index contributed by atoms with van der Waals surface area (Å²) in [5.41, 5.74) is 4.58. The molecule has 2 N–H and O–H groups in total. The Morgan fingerprint density at radius 2 is 1.86 bits per heavy atom. The lowest BCUT2D eigenvalue weighted by molar-refractivity contribution is 0.0698. The normalized spacial score (nSPS) is 11.3. The predicted molar refractivity (Wildman–Crippen MR) is 85.7 cm³/mol. The fourth-order valence-electron chi connectivity index (χ4n) is 1.75. The zero-order valence-corrected chi connectivity index (χ0v) is 12.6. The SMILES string of the molecule is C/C(=N\Nc1ccccc1C(=O)O)c1cc(Cl)ccc1Cl. The van der Waals surface area contributed by atoms with Crippen molar-refractivity contribution in [2.24, 2.45) is 5.10 Å². The largest absolute Gasteiger partial charge is 0.478 e. The molecule has 0 aliphatic carbocycles. The van der Waals surface area contributed by atoms with E-state index in [-0.39, 0.29) is 5.56 Å². The van der Waals surface area contributed by atoms with Crippen LogP contribution in [0.2, 0.25) is 10.0 Å². The van der Waals surface area contributed by atoms with Crippen LogP contribution in [0.25, 0.3) is 0 Å². The molecule has 2 aromatic rings. The first-order chi connectivity index (χ1) is 9.99. The molecule has 0 spiro atoms. The molecule has 0 saturated heterocycles. The van der Waals surface area contributed by atoms with Gasteiger partial charge >= 0.3 is 5.97 Å². The first-order valence-electron chi connectivity index (χ1n) is 6.07. The number of carbonyl (C=O) groups is 1. The molecule has 0 bridgehead atoms. The molecule has 108 valence electrons. The Morgan fingerprint density at radius 3 is 2.57 bits per heavy atom. The van der Waals surface area contributed by atoms with Crippen molar-refractivity contribution < 1.29 is 9.90 Å². The second-order valence-corrected chi connectivity index (χ2v) is 5.13. The number of carboxylic acids is 1. The standard InChI is InChI=1S/C15H12Cl2N2O2/c1-9(12-8-10(16)6-7-13(12)17)18-19-14-5-3-2-4-11(14)15(20)21/h2-8,19H,1H3,(H,20,21)/b18-9+. The van der Waals surface area contributed by atoms with E-state index >= 15 is 0 Å². The molecule has 0 aliphatic rings. The van der Waals surface area contributed by atoms with Gasteiger partial charge in [-0.25, -0.2) is 4.79 Å². The first kappa shape index (κ1) is 15.4. The van der Waals surface area contributed by atoms with Crippen LogP contribution in [0.4, 0.5) is 5.69 Å². The molecule has 4 nitrogen and oxygen atoms in total. The summed E-state index contributed by atoms with van der Waals surface area (Å²) in [7, 11) is 0. The van der Waals surface area contributed by atoms with Gasteiger partial charge in [0.15, 0.2) is 0 Å². The number of hydrogen-bond acceptors (Lipinski definition) is 3. The first-order valence-corrected chi connectivity index (χ1v) is 6.82. The number of hydrazone groups is 1.